The third-order valence-electron chi connectivity index (χ3n) is 5.41. The zero-order chi connectivity index (χ0) is 16.1. The maximum Gasteiger partial charge on any atom is 0.307 e. The fraction of sp³-hybridized carbons (Fsp3) is 0.812. The van der Waals surface area contributed by atoms with Crippen molar-refractivity contribution in [1.82, 2.24) is 9.80 Å². The summed E-state index contributed by atoms with van der Waals surface area (Å²) in [6.07, 6.45) is 2.76. The van der Waals surface area contributed by atoms with E-state index in [1.807, 2.05) is 18.7 Å². The van der Waals surface area contributed by atoms with E-state index in [1.54, 1.807) is 4.90 Å². The molecule has 0 unspecified atom stereocenters. The second kappa shape index (κ2) is 5.25. The van der Waals surface area contributed by atoms with Crippen LogP contribution >= 0.6 is 0 Å². The van der Waals surface area contributed by atoms with Crippen molar-refractivity contribution in [1.29, 1.82) is 0 Å². The molecule has 1 heterocycles. The molecular formula is C16H24N2O4. The SMILES string of the molecule is CC1(C)[C@H](C(=O)O)[C@@H]1C(=O)N1CCCN(C(=O)C2CC2)CC1. The summed E-state index contributed by atoms with van der Waals surface area (Å²) in [6.45, 7) is 6.11. The van der Waals surface area contributed by atoms with Gasteiger partial charge in [-0.1, -0.05) is 13.8 Å². The lowest BCUT2D eigenvalue weighted by Gasteiger charge is -2.22. The highest BCUT2D eigenvalue weighted by atomic mass is 16.4. The molecule has 2 saturated carbocycles. The molecule has 3 aliphatic rings. The van der Waals surface area contributed by atoms with E-state index in [0.29, 0.717) is 26.2 Å². The summed E-state index contributed by atoms with van der Waals surface area (Å²) < 4.78 is 0. The minimum atomic E-state index is -0.885. The zero-order valence-corrected chi connectivity index (χ0v) is 13.2. The van der Waals surface area contributed by atoms with Gasteiger partial charge in [-0.15, -0.1) is 0 Å². The van der Waals surface area contributed by atoms with Crippen molar-refractivity contribution >= 4 is 17.8 Å². The summed E-state index contributed by atoms with van der Waals surface area (Å²) in [5, 5.41) is 9.22. The van der Waals surface area contributed by atoms with Crippen LogP contribution in [0.15, 0.2) is 0 Å². The lowest BCUT2D eigenvalue weighted by Crippen LogP contribution is -2.39. The molecule has 0 spiro atoms. The van der Waals surface area contributed by atoms with Gasteiger partial charge in [-0.05, 0) is 24.7 Å². The van der Waals surface area contributed by atoms with Crippen LogP contribution in [0, 0.1) is 23.2 Å². The van der Waals surface area contributed by atoms with E-state index in [0.717, 1.165) is 19.3 Å². The second-order valence-electron chi connectivity index (χ2n) is 7.39. The molecule has 1 N–H and O–H groups in total. The van der Waals surface area contributed by atoms with Gasteiger partial charge in [0, 0.05) is 32.1 Å². The van der Waals surface area contributed by atoms with Crippen molar-refractivity contribution in [2.75, 3.05) is 26.2 Å². The third-order valence-corrected chi connectivity index (χ3v) is 5.41. The van der Waals surface area contributed by atoms with E-state index < -0.39 is 23.2 Å². The van der Waals surface area contributed by atoms with Crippen molar-refractivity contribution in [3.63, 3.8) is 0 Å². The Bertz CT molecular complexity index is 512. The summed E-state index contributed by atoms with van der Waals surface area (Å²) >= 11 is 0. The predicted octanol–water partition coefficient (Wildman–Crippen LogP) is 0.814. The van der Waals surface area contributed by atoms with E-state index >= 15 is 0 Å². The third kappa shape index (κ3) is 2.59. The first-order valence-corrected chi connectivity index (χ1v) is 8.14. The summed E-state index contributed by atoms with van der Waals surface area (Å²) in [6, 6.07) is 0. The van der Waals surface area contributed by atoms with Crippen LogP contribution in [0.25, 0.3) is 0 Å². The Balaban J connectivity index is 1.60. The number of aliphatic carboxylic acids is 1. The van der Waals surface area contributed by atoms with Crippen molar-refractivity contribution in [2.45, 2.75) is 33.1 Å². The first-order valence-electron chi connectivity index (χ1n) is 8.14. The van der Waals surface area contributed by atoms with Gasteiger partial charge in [-0.2, -0.15) is 0 Å². The van der Waals surface area contributed by atoms with E-state index in [1.165, 1.54) is 0 Å². The molecule has 6 heteroatoms. The minimum Gasteiger partial charge on any atom is -0.481 e. The Kier molecular flexibility index (Phi) is 3.65. The lowest BCUT2D eigenvalue weighted by molar-refractivity contribution is -0.142. The smallest absolute Gasteiger partial charge is 0.307 e. The molecule has 0 aromatic carbocycles. The van der Waals surface area contributed by atoms with Gasteiger partial charge in [0.05, 0.1) is 11.8 Å². The molecule has 0 aromatic heterocycles. The number of hydrogen-bond acceptors (Lipinski definition) is 3. The van der Waals surface area contributed by atoms with Gasteiger partial charge in [0.15, 0.2) is 0 Å². The Hall–Kier alpha value is -1.59. The quantitative estimate of drug-likeness (QED) is 0.837. The van der Waals surface area contributed by atoms with Gasteiger partial charge < -0.3 is 14.9 Å². The van der Waals surface area contributed by atoms with Crippen LogP contribution in [-0.4, -0.2) is 58.9 Å². The predicted molar refractivity (Wildman–Crippen MR) is 78.9 cm³/mol. The number of amides is 2. The largest absolute Gasteiger partial charge is 0.481 e. The van der Waals surface area contributed by atoms with Crippen molar-refractivity contribution in [2.24, 2.45) is 23.2 Å². The van der Waals surface area contributed by atoms with Crippen molar-refractivity contribution < 1.29 is 19.5 Å². The van der Waals surface area contributed by atoms with Crippen LogP contribution in [0.4, 0.5) is 0 Å². The standard InChI is InChI=1S/C16H24N2O4/c1-16(2)11(12(16)15(21)22)14(20)18-7-3-6-17(8-9-18)13(19)10-4-5-10/h10-12H,3-9H2,1-2H3,(H,21,22)/t11-,12+/m1/s1. The molecule has 2 amide bonds. The number of carboxylic acid groups (broad SMARTS) is 1. The average molecular weight is 308 g/mol. The van der Waals surface area contributed by atoms with Gasteiger partial charge in [0.1, 0.15) is 0 Å². The summed E-state index contributed by atoms with van der Waals surface area (Å²) in [4.78, 5) is 39.6. The van der Waals surface area contributed by atoms with Gasteiger partial charge in [-0.3, -0.25) is 14.4 Å². The van der Waals surface area contributed by atoms with Crippen LogP contribution in [-0.2, 0) is 14.4 Å². The van der Waals surface area contributed by atoms with E-state index in [-0.39, 0.29) is 17.7 Å². The molecule has 3 fully saturated rings. The molecule has 1 aliphatic heterocycles. The van der Waals surface area contributed by atoms with Gasteiger partial charge in [0.2, 0.25) is 11.8 Å². The monoisotopic (exact) mass is 308 g/mol. The molecule has 122 valence electrons. The molecule has 0 radical (unpaired) electrons. The number of rotatable bonds is 3. The molecule has 0 bridgehead atoms. The molecule has 3 rings (SSSR count). The van der Waals surface area contributed by atoms with Crippen LogP contribution in [0.5, 0.6) is 0 Å². The summed E-state index contributed by atoms with van der Waals surface area (Å²) in [5.41, 5.74) is -0.460. The number of carbonyl (C=O) groups excluding carboxylic acids is 2. The van der Waals surface area contributed by atoms with Crippen LogP contribution in [0.2, 0.25) is 0 Å². The average Bonchev–Trinajstić information content (AvgIpc) is 3.32. The Labute approximate surface area is 130 Å². The molecule has 6 nitrogen and oxygen atoms in total. The molecule has 22 heavy (non-hydrogen) atoms. The van der Waals surface area contributed by atoms with Gasteiger partial charge in [0.25, 0.3) is 0 Å². The summed E-state index contributed by atoms with van der Waals surface area (Å²) in [7, 11) is 0. The van der Waals surface area contributed by atoms with Crippen LogP contribution in [0.1, 0.15) is 33.1 Å². The van der Waals surface area contributed by atoms with E-state index in [9.17, 15) is 19.5 Å². The van der Waals surface area contributed by atoms with Crippen LogP contribution < -0.4 is 0 Å². The van der Waals surface area contributed by atoms with Gasteiger partial charge >= 0.3 is 5.97 Å². The molecule has 2 aliphatic carbocycles. The Morgan fingerprint density at radius 3 is 1.91 bits per heavy atom. The number of hydrogen-bond donors (Lipinski definition) is 1. The van der Waals surface area contributed by atoms with E-state index in [2.05, 4.69) is 0 Å². The minimum absolute atomic E-state index is 0.0573. The lowest BCUT2D eigenvalue weighted by atomic mass is 10.1. The highest BCUT2D eigenvalue weighted by Crippen LogP contribution is 2.59. The Morgan fingerprint density at radius 2 is 1.45 bits per heavy atom. The van der Waals surface area contributed by atoms with Crippen molar-refractivity contribution in [3.05, 3.63) is 0 Å². The second-order valence-corrected chi connectivity index (χ2v) is 7.39. The fourth-order valence-electron chi connectivity index (χ4n) is 3.70. The normalized spacial score (nSPS) is 30.6. The number of carboxylic acids is 1. The molecule has 1 saturated heterocycles. The first-order chi connectivity index (χ1) is 10.3. The number of carbonyl (C=O) groups is 3. The first kappa shape index (κ1) is 15.3. The topological polar surface area (TPSA) is 77.9 Å². The molecule has 0 aromatic rings. The molecular weight excluding hydrogens is 284 g/mol. The summed E-state index contributed by atoms with van der Waals surface area (Å²) in [5.74, 6) is -1.50. The molecule has 2 atom stereocenters. The Morgan fingerprint density at radius 1 is 0.909 bits per heavy atom. The van der Waals surface area contributed by atoms with Gasteiger partial charge in [-0.25, -0.2) is 0 Å². The zero-order valence-electron chi connectivity index (χ0n) is 13.2. The maximum absolute atomic E-state index is 12.6. The van der Waals surface area contributed by atoms with Crippen molar-refractivity contribution in [3.8, 4) is 0 Å². The highest BCUT2D eigenvalue weighted by molar-refractivity contribution is 5.91. The maximum atomic E-state index is 12.6. The van der Waals surface area contributed by atoms with Crippen LogP contribution in [0.3, 0.4) is 0 Å². The number of nitrogens with zero attached hydrogens (tertiary/aromatic N) is 2. The highest BCUT2D eigenvalue weighted by Gasteiger charge is 2.66. The fourth-order valence-corrected chi connectivity index (χ4v) is 3.70. The van der Waals surface area contributed by atoms with E-state index in [4.69, 9.17) is 0 Å².